The fourth-order valence-electron chi connectivity index (χ4n) is 1.49. The summed E-state index contributed by atoms with van der Waals surface area (Å²) in [6.45, 7) is 2.61. The molecule has 4 heteroatoms. The van der Waals surface area contributed by atoms with Crippen molar-refractivity contribution in [3.05, 3.63) is 29.3 Å². The summed E-state index contributed by atoms with van der Waals surface area (Å²) in [5, 5.41) is 3.60. The van der Waals surface area contributed by atoms with Crippen LogP contribution in [0.2, 0.25) is 0 Å². The Hall–Kier alpha value is -1.29. The van der Waals surface area contributed by atoms with Crippen molar-refractivity contribution in [2.24, 2.45) is 4.99 Å². The molecule has 0 radical (unpaired) electrons. The Balaban J connectivity index is 2.21. The van der Waals surface area contributed by atoms with Crippen LogP contribution < -0.4 is 5.32 Å². The average Bonchev–Trinajstić information content (AvgIpc) is 2.26. The number of benzene rings is 1. The van der Waals surface area contributed by atoms with E-state index < -0.39 is 0 Å². The molecule has 0 aromatic heterocycles. The number of nitrogens with one attached hydrogen (secondary N) is 1. The standard InChI is InChI=1S/C11H12N2OS/c1-8-2-3-10-9(4-8)6-15-11(13-10)5-12-7-14/h2-4,7H,5-6H2,1H3,(H,12,14). The fraction of sp³-hybridized carbons (Fsp3) is 0.273. The summed E-state index contributed by atoms with van der Waals surface area (Å²) in [7, 11) is 0. The molecular formula is C11H12N2OS. The van der Waals surface area contributed by atoms with Gasteiger partial charge in [0, 0.05) is 5.75 Å². The van der Waals surface area contributed by atoms with Crippen molar-refractivity contribution in [1.82, 2.24) is 5.32 Å². The minimum atomic E-state index is 0.529. The van der Waals surface area contributed by atoms with Crippen LogP contribution in [0.4, 0.5) is 5.69 Å². The SMILES string of the molecule is Cc1ccc2c(c1)CSC(CNC=O)=N2. The number of hydrogen-bond acceptors (Lipinski definition) is 3. The van der Waals surface area contributed by atoms with E-state index in [1.165, 1.54) is 11.1 Å². The van der Waals surface area contributed by atoms with Gasteiger partial charge in [0.1, 0.15) is 0 Å². The molecule has 0 fully saturated rings. The van der Waals surface area contributed by atoms with E-state index in [9.17, 15) is 4.79 Å². The van der Waals surface area contributed by atoms with Crippen molar-refractivity contribution in [3.8, 4) is 0 Å². The van der Waals surface area contributed by atoms with Gasteiger partial charge in [0.2, 0.25) is 6.41 Å². The van der Waals surface area contributed by atoms with Crippen LogP contribution in [0.1, 0.15) is 11.1 Å². The van der Waals surface area contributed by atoms with Crippen molar-refractivity contribution in [2.75, 3.05) is 6.54 Å². The first-order chi connectivity index (χ1) is 7.29. The van der Waals surface area contributed by atoms with Crippen LogP contribution in [-0.2, 0) is 10.5 Å². The Morgan fingerprint density at radius 2 is 2.47 bits per heavy atom. The summed E-state index contributed by atoms with van der Waals surface area (Å²) < 4.78 is 0. The molecule has 0 atom stereocenters. The van der Waals surface area contributed by atoms with Crippen LogP contribution in [0.25, 0.3) is 0 Å². The van der Waals surface area contributed by atoms with E-state index in [0.29, 0.717) is 13.0 Å². The van der Waals surface area contributed by atoms with Crippen LogP contribution in [0, 0.1) is 6.92 Å². The second-order valence-electron chi connectivity index (χ2n) is 3.43. The number of carbonyl (C=O) groups is 1. The minimum Gasteiger partial charge on any atom is -0.352 e. The van der Waals surface area contributed by atoms with Gasteiger partial charge in [0.05, 0.1) is 17.3 Å². The minimum absolute atomic E-state index is 0.529. The van der Waals surface area contributed by atoms with Gasteiger partial charge in [-0.05, 0) is 18.6 Å². The predicted molar refractivity (Wildman–Crippen MR) is 63.6 cm³/mol. The van der Waals surface area contributed by atoms with Gasteiger partial charge in [-0.3, -0.25) is 4.79 Å². The van der Waals surface area contributed by atoms with Gasteiger partial charge in [0.15, 0.2) is 0 Å². The summed E-state index contributed by atoms with van der Waals surface area (Å²) in [6, 6.07) is 6.25. The molecule has 1 amide bonds. The lowest BCUT2D eigenvalue weighted by molar-refractivity contribution is -0.109. The van der Waals surface area contributed by atoms with E-state index in [1.54, 1.807) is 11.8 Å². The van der Waals surface area contributed by atoms with Crippen molar-refractivity contribution in [3.63, 3.8) is 0 Å². The van der Waals surface area contributed by atoms with E-state index in [2.05, 4.69) is 29.4 Å². The lowest BCUT2D eigenvalue weighted by Gasteiger charge is -2.14. The maximum Gasteiger partial charge on any atom is 0.207 e. The summed E-state index contributed by atoms with van der Waals surface area (Å²) in [5.74, 6) is 0.941. The van der Waals surface area contributed by atoms with Crippen LogP contribution in [-0.4, -0.2) is 18.0 Å². The van der Waals surface area contributed by atoms with Crippen LogP contribution in [0.15, 0.2) is 23.2 Å². The maximum absolute atomic E-state index is 10.2. The lowest BCUT2D eigenvalue weighted by Crippen LogP contribution is -2.20. The van der Waals surface area contributed by atoms with Gasteiger partial charge < -0.3 is 5.32 Å². The molecule has 0 saturated heterocycles. The van der Waals surface area contributed by atoms with Crippen molar-refractivity contribution in [1.29, 1.82) is 0 Å². The number of thioether (sulfide) groups is 1. The molecule has 0 unspecified atom stereocenters. The molecule has 3 nitrogen and oxygen atoms in total. The van der Waals surface area contributed by atoms with E-state index in [-0.39, 0.29) is 0 Å². The first-order valence-electron chi connectivity index (χ1n) is 4.76. The number of rotatable bonds is 3. The molecule has 1 heterocycles. The number of carbonyl (C=O) groups excluding carboxylic acids is 1. The molecule has 1 aliphatic rings. The number of nitrogens with zero attached hydrogens (tertiary/aromatic N) is 1. The molecular weight excluding hydrogens is 208 g/mol. The molecule has 1 aliphatic heterocycles. The third-order valence-corrected chi connectivity index (χ3v) is 3.24. The molecule has 2 rings (SSSR count). The molecule has 1 aromatic rings. The second-order valence-corrected chi connectivity index (χ2v) is 4.47. The predicted octanol–water partition coefficient (Wildman–Crippen LogP) is 2.02. The zero-order valence-electron chi connectivity index (χ0n) is 8.49. The molecule has 1 N–H and O–H groups in total. The highest BCUT2D eigenvalue weighted by Crippen LogP contribution is 2.31. The zero-order chi connectivity index (χ0) is 10.7. The van der Waals surface area contributed by atoms with Crippen molar-refractivity contribution in [2.45, 2.75) is 12.7 Å². The highest BCUT2D eigenvalue weighted by Gasteiger charge is 2.11. The molecule has 0 saturated carbocycles. The quantitative estimate of drug-likeness (QED) is 0.792. The summed E-state index contributed by atoms with van der Waals surface area (Å²) >= 11 is 1.68. The Morgan fingerprint density at radius 1 is 1.60 bits per heavy atom. The summed E-state index contributed by atoms with van der Waals surface area (Å²) in [6.07, 6.45) is 0.702. The Bertz CT molecular complexity index is 415. The van der Waals surface area contributed by atoms with Crippen molar-refractivity contribution >= 4 is 28.9 Å². The van der Waals surface area contributed by atoms with Crippen LogP contribution in [0.5, 0.6) is 0 Å². The van der Waals surface area contributed by atoms with E-state index in [0.717, 1.165) is 16.5 Å². The lowest BCUT2D eigenvalue weighted by atomic mass is 10.1. The third-order valence-electron chi connectivity index (χ3n) is 2.21. The Kier molecular flexibility index (Phi) is 3.06. The Labute approximate surface area is 93.0 Å². The number of aryl methyl sites for hydroxylation is 1. The van der Waals surface area contributed by atoms with Gasteiger partial charge in [0.25, 0.3) is 0 Å². The highest BCUT2D eigenvalue weighted by atomic mass is 32.2. The number of hydrogen-bond donors (Lipinski definition) is 1. The normalized spacial score (nSPS) is 14.1. The maximum atomic E-state index is 10.2. The molecule has 78 valence electrons. The van der Waals surface area contributed by atoms with Gasteiger partial charge in [-0.15, -0.1) is 11.8 Å². The number of aliphatic imine (C=N–C) groups is 1. The Morgan fingerprint density at radius 3 is 3.27 bits per heavy atom. The van der Waals surface area contributed by atoms with E-state index >= 15 is 0 Å². The van der Waals surface area contributed by atoms with Gasteiger partial charge in [-0.1, -0.05) is 17.7 Å². The first-order valence-corrected chi connectivity index (χ1v) is 5.75. The van der Waals surface area contributed by atoms with Gasteiger partial charge in [-0.25, -0.2) is 4.99 Å². The monoisotopic (exact) mass is 220 g/mol. The third kappa shape index (κ3) is 2.39. The average molecular weight is 220 g/mol. The molecule has 0 spiro atoms. The molecule has 0 bridgehead atoms. The fourth-order valence-corrected chi connectivity index (χ4v) is 2.39. The number of fused-ring (bicyclic) bond motifs is 1. The zero-order valence-corrected chi connectivity index (χ0v) is 9.30. The molecule has 0 aliphatic carbocycles. The van der Waals surface area contributed by atoms with Crippen LogP contribution >= 0.6 is 11.8 Å². The largest absolute Gasteiger partial charge is 0.352 e. The first kappa shape index (κ1) is 10.2. The smallest absolute Gasteiger partial charge is 0.207 e. The van der Waals surface area contributed by atoms with Gasteiger partial charge in [-0.2, -0.15) is 0 Å². The van der Waals surface area contributed by atoms with Crippen LogP contribution in [0.3, 0.4) is 0 Å². The summed E-state index contributed by atoms with van der Waals surface area (Å²) in [5.41, 5.74) is 3.57. The van der Waals surface area contributed by atoms with Crippen molar-refractivity contribution < 1.29 is 4.79 Å². The number of amides is 1. The van der Waals surface area contributed by atoms with Gasteiger partial charge >= 0.3 is 0 Å². The summed E-state index contributed by atoms with van der Waals surface area (Å²) in [4.78, 5) is 14.6. The van der Waals surface area contributed by atoms with E-state index in [4.69, 9.17) is 0 Å². The second kappa shape index (κ2) is 4.49. The highest BCUT2D eigenvalue weighted by molar-refractivity contribution is 8.13. The molecule has 1 aromatic carbocycles. The molecule has 15 heavy (non-hydrogen) atoms. The topological polar surface area (TPSA) is 41.5 Å². The van der Waals surface area contributed by atoms with E-state index in [1.807, 2.05) is 6.07 Å².